The SMILES string of the molecule is C=C(CC)c1ccc(CN(c2ccccc2)S(=C)C2CCB(C#N)CC2)nc1. The molecule has 2 aromatic rings. The predicted molar refractivity (Wildman–Crippen MR) is 125 cm³/mol. The van der Waals surface area contributed by atoms with Crippen LogP contribution in [0.3, 0.4) is 0 Å². The van der Waals surface area contributed by atoms with Crippen molar-refractivity contribution in [2.45, 2.75) is 50.6 Å². The summed E-state index contributed by atoms with van der Waals surface area (Å²) in [6.07, 6.45) is 7.02. The third kappa shape index (κ3) is 4.94. The number of rotatable bonds is 7. The second kappa shape index (κ2) is 9.75. The number of hydrogen-bond donors (Lipinski definition) is 0. The van der Waals surface area contributed by atoms with E-state index in [0.29, 0.717) is 5.25 Å². The molecule has 2 heterocycles. The first-order chi connectivity index (χ1) is 13.6. The Morgan fingerprint density at radius 1 is 1.25 bits per heavy atom. The molecular weight excluding hydrogens is 361 g/mol. The maximum atomic E-state index is 9.19. The topological polar surface area (TPSA) is 39.9 Å². The minimum atomic E-state index is -0.162. The van der Waals surface area contributed by atoms with Crippen molar-refractivity contribution in [3.05, 3.63) is 66.5 Å². The van der Waals surface area contributed by atoms with E-state index < -0.39 is 0 Å². The highest BCUT2D eigenvalue weighted by molar-refractivity contribution is 8.15. The zero-order chi connectivity index (χ0) is 19.9. The first-order valence-electron chi connectivity index (χ1n) is 10.0. The van der Waals surface area contributed by atoms with Crippen molar-refractivity contribution in [3.8, 4) is 5.97 Å². The van der Waals surface area contributed by atoms with E-state index in [9.17, 15) is 5.26 Å². The molecule has 1 fully saturated rings. The molecule has 1 aromatic heterocycles. The molecule has 1 aromatic carbocycles. The summed E-state index contributed by atoms with van der Waals surface area (Å²) in [7, 11) is -0.162. The molecule has 0 aliphatic carbocycles. The Bertz CT molecular complexity index is 850. The lowest BCUT2D eigenvalue weighted by molar-refractivity contribution is 0.743. The van der Waals surface area contributed by atoms with Crippen molar-refractivity contribution >= 4 is 34.5 Å². The Balaban J connectivity index is 1.79. The minimum Gasteiger partial charge on any atom is -0.316 e. The molecule has 1 saturated heterocycles. The van der Waals surface area contributed by atoms with Gasteiger partial charge in [0.15, 0.2) is 0 Å². The molecule has 0 amide bonds. The van der Waals surface area contributed by atoms with Gasteiger partial charge < -0.3 is 4.31 Å². The van der Waals surface area contributed by atoms with Gasteiger partial charge in [0.2, 0.25) is 0 Å². The van der Waals surface area contributed by atoms with Crippen LogP contribution in [0.1, 0.15) is 37.4 Å². The Morgan fingerprint density at radius 3 is 2.54 bits per heavy atom. The van der Waals surface area contributed by atoms with Gasteiger partial charge in [0.1, 0.15) is 0 Å². The molecule has 1 aliphatic rings. The number of hydrogen-bond acceptors (Lipinski definition) is 3. The lowest BCUT2D eigenvalue weighted by atomic mass is 9.43. The number of aromatic nitrogens is 1. The van der Waals surface area contributed by atoms with Crippen LogP contribution in [-0.4, -0.2) is 22.8 Å². The molecule has 0 radical (unpaired) electrons. The van der Waals surface area contributed by atoms with Crippen molar-refractivity contribution in [2.24, 2.45) is 0 Å². The van der Waals surface area contributed by atoms with Gasteiger partial charge in [-0.25, -0.2) is 5.26 Å². The standard InChI is InChI=1S/C23H28BN3S/c1-4-19(2)20-10-11-21(26-16-20)17-27(22-8-6-5-7-9-22)28(3)23-12-14-24(18-25)15-13-23/h5-11,16,23H,2-4,12-15,17H2,1H3. The maximum Gasteiger partial charge on any atom is 0.267 e. The van der Waals surface area contributed by atoms with E-state index in [0.717, 1.165) is 55.3 Å². The quantitative estimate of drug-likeness (QED) is 0.441. The maximum absolute atomic E-state index is 9.19. The van der Waals surface area contributed by atoms with Crippen LogP contribution in [0.15, 0.2) is 55.2 Å². The fraction of sp³-hybridized carbons (Fsp3) is 0.348. The highest BCUT2D eigenvalue weighted by Gasteiger charge is 2.28. The smallest absolute Gasteiger partial charge is 0.267 e. The summed E-state index contributed by atoms with van der Waals surface area (Å²) in [4.78, 5) is 4.70. The zero-order valence-corrected chi connectivity index (χ0v) is 17.5. The van der Waals surface area contributed by atoms with Crippen molar-refractivity contribution in [2.75, 3.05) is 4.31 Å². The number of nitrogens with zero attached hydrogens (tertiary/aromatic N) is 3. The lowest BCUT2D eigenvalue weighted by Crippen LogP contribution is -2.28. The van der Waals surface area contributed by atoms with Gasteiger partial charge in [0.05, 0.1) is 12.2 Å². The summed E-state index contributed by atoms with van der Waals surface area (Å²) >= 11 is 0. The van der Waals surface area contributed by atoms with Crippen LogP contribution in [0.25, 0.3) is 5.57 Å². The molecule has 3 rings (SSSR count). The number of benzene rings is 1. The summed E-state index contributed by atoms with van der Waals surface area (Å²) in [5.41, 5.74) is 4.46. The molecule has 1 unspecified atom stereocenters. The molecule has 28 heavy (non-hydrogen) atoms. The van der Waals surface area contributed by atoms with Gasteiger partial charge in [-0.3, -0.25) is 4.98 Å². The molecule has 144 valence electrons. The second-order valence-electron chi connectivity index (χ2n) is 7.37. The molecule has 0 spiro atoms. The summed E-state index contributed by atoms with van der Waals surface area (Å²) < 4.78 is 2.40. The third-order valence-electron chi connectivity index (χ3n) is 5.53. The first kappa shape index (κ1) is 20.4. The summed E-state index contributed by atoms with van der Waals surface area (Å²) in [5, 5.41) is 9.72. The molecule has 1 atom stereocenters. The zero-order valence-electron chi connectivity index (χ0n) is 16.7. The first-order valence-corrected chi connectivity index (χ1v) is 11.4. The molecule has 0 saturated carbocycles. The number of allylic oxidation sites excluding steroid dienone is 1. The van der Waals surface area contributed by atoms with Crippen molar-refractivity contribution in [1.29, 1.82) is 5.26 Å². The Kier molecular flexibility index (Phi) is 7.11. The van der Waals surface area contributed by atoms with Crippen molar-refractivity contribution in [3.63, 3.8) is 0 Å². The van der Waals surface area contributed by atoms with Gasteiger partial charge in [0.25, 0.3) is 6.71 Å². The van der Waals surface area contributed by atoms with Crippen LogP contribution in [-0.2, 0) is 6.54 Å². The highest BCUT2D eigenvalue weighted by Crippen LogP contribution is 2.39. The molecule has 0 bridgehead atoms. The fourth-order valence-corrected chi connectivity index (χ4v) is 5.49. The lowest BCUT2D eigenvalue weighted by Gasteiger charge is -2.35. The molecule has 5 heteroatoms. The normalized spacial score (nSPS) is 15.6. The molecule has 0 N–H and O–H groups in total. The van der Waals surface area contributed by atoms with E-state index in [1.165, 1.54) is 5.69 Å². The monoisotopic (exact) mass is 389 g/mol. The average Bonchev–Trinajstić information content (AvgIpc) is 2.77. The summed E-state index contributed by atoms with van der Waals surface area (Å²) in [6, 6.07) is 14.7. The van der Waals surface area contributed by atoms with E-state index in [4.69, 9.17) is 4.98 Å². The Morgan fingerprint density at radius 2 is 1.96 bits per heavy atom. The van der Waals surface area contributed by atoms with E-state index >= 15 is 0 Å². The van der Waals surface area contributed by atoms with Crippen LogP contribution in [0.4, 0.5) is 5.69 Å². The predicted octanol–water partition coefficient (Wildman–Crippen LogP) is 5.85. The van der Waals surface area contributed by atoms with Crippen molar-refractivity contribution < 1.29 is 0 Å². The third-order valence-corrected chi connectivity index (χ3v) is 7.68. The summed E-state index contributed by atoms with van der Waals surface area (Å²) in [5.74, 6) is 7.01. The Labute approximate surface area is 172 Å². The van der Waals surface area contributed by atoms with E-state index in [2.05, 4.69) is 66.0 Å². The molecule has 3 nitrogen and oxygen atoms in total. The number of para-hydroxylation sites is 1. The molecule has 1 aliphatic heterocycles. The highest BCUT2D eigenvalue weighted by atomic mass is 32.2. The van der Waals surface area contributed by atoms with Crippen LogP contribution in [0.2, 0.25) is 12.6 Å². The van der Waals surface area contributed by atoms with Crippen LogP contribution < -0.4 is 4.31 Å². The van der Waals surface area contributed by atoms with Crippen LogP contribution in [0, 0.1) is 11.2 Å². The van der Waals surface area contributed by atoms with E-state index in [1.807, 2.05) is 12.3 Å². The van der Waals surface area contributed by atoms with E-state index in [1.54, 1.807) is 0 Å². The van der Waals surface area contributed by atoms with Gasteiger partial charge in [0, 0.05) is 23.1 Å². The largest absolute Gasteiger partial charge is 0.316 e. The Hall–Kier alpha value is -2.32. The van der Waals surface area contributed by atoms with E-state index in [-0.39, 0.29) is 17.4 Å². The number of anilines is 1. The number of nitriles is 1. The average molecular weight is 389 g/mol. The minimum absolute atomic E-state index is 0.162. The van der Waals surface area contributed by atoms with Crippen LogP contribution >= 0.6 is 10.7 Å². The summed E-state index contributed by atoms with van der Waals surface area (Å²) in [6.45, 7) is 7.18. The van der Waals surface area contributed by atoms with Gasteiger partial charge >= 0.3 is 0 Å². The van der Waals surface area contributed by atoms with Crippen LogP contribution in [0.5, 0.6) is 0 Å². The molecular formula is C23H28BN3S. The van der Waals surface area contributed by atoms with Crippen molar-refractivity contribution in [1.82, 2.24) is 4.98 Å². The van der Waals surface area contributed by atoms with Gasteiger partial charge in [-0.05, 0) is 48.6 Å². The van der Waals surface area contributed by atoms with Gasteiger partial charge in [-0.1, -0.05) is 66.9 Å². The van der Waals surface area contributed by atoms with Gasteiger partial charge in [-0.15, -0.1) is 0 Å². The van der Waals surface area contributed by atoms with Gasteiger partial charge in [-0.2, -0.15) is 0 Å². The second-order valence-corrected chi connectivity index (χ2v) is 9.28. The number of pyridine rings is 1. The fourth-order valence-electron chi connectivity index (χ4n) is 3.63.